The number of hydrogen-bond donors (Lipinski definition) is 0. The molecule has 0 N–H and O–H groups in total. The van der Waals surface area contributed by atoms with Crippen molar-refractivity contribution >= 4 is 17.0 Å². The fourth-order valence-corrected chi connectivity index (χ4v) is 2.81. The first kappa shape index (κ1) is 13.4. The summed E-state index contributed by atoms with van der Waals surface area (Å²) >= 11 is 1.55. The number of nitro groups is 1. The summed E-state index contributed by atoms with van der Waals surface area (Å²) in [6.07, 6.45) is 4.08. The monoisotopic (exact) mass is 297 g/mol. The molecular weight excluding hydrogens is 286 g/mol. The molecular formula is C15H11N3O2S. The normalized spacial score (nSPS) is 10.5. The van der Waals surface area contributed by atoms with Crippen molar-refractivity contribution in [3.8, 4) is 10.6 Å². The van der Waals surface area contributed by atoms with Crippen molar-refractivity contribution in [1.82, 2.24) is 9.97 Å². The molecule has 21 heavy (non-hydrogen) atoms. The topological polar surface area (TPSA) is 68.9 Å². The SMILES string of the molecule is O=[N+]([O-])c1cccc(Cc2csc(-c3cccnc3)n2)c1. The lowest BCUT2D eigenvalue weighted by Gasteiger charge is -1.98. The number of nitrogens with zero attached hydrogens (tertiary/aromatic N) is 3. The predicted molar refractivity (Wildman–Crippen MR) is 81.2 cm³/mol. The van der Waals surface area contributed by atoms with Crippen molar-refractivity contribution in [3.63, 3.8) is 0 Å². The highest BCUT2D eigenvalue weighted by atomic mass is 32.1. The molecule has 0 saturated heterocycles. The Hall–Kier alpha value is -2.60. The van der Waals surface area contributed by atoms with Crippen LogP contribution in [0, 0.1) is 10.1 Å². The number of pyridine rings is 1. The minimum atomic E-state index is -0.383. The molecule has 2 aromatic heterocycles. The molecule has 0 unspecified atom stereocenters. The number of hydrogen-bond acceptors (Lipinski definition) is 5. The molecule has 3 rings (SSSR count). The van der Waals surface area contributed by atoms with Gasteiger partial charge in [0.2, 0.25) is 0 Å². The predicted octanol–water partition coefficient (Wildman–Crippen LogP) is 3.70. The molecule has 0 saturated carbocycles. The molecule has 0 amide bonds. The standard InChI is InChI=1S/C15H11N3O2S/c19-18(20)14-5-1-3-11(8-14)7-13-10-21-15(17-13)12-4-2-6-16-9-12/h1-6,8-10H,7H2. The van der Waals surface area contributed by atoms with Gasteiger partial charge in [0.25, 0.3) is 5.69 Å². The van der Waals surface area contributed by atoms with Gasteiger partial charge in [-0.25, -0.2) is 4.98 Å². The summed E-state index contributed by atoms with van der Waals surface area (Å²) in [5, 5.41) is 13.7. The summed E-state index contributed by atoms with van der Waals surface area (Å²) in [7, 11) is 0. The molecule has 1 aromatic carbocycles. The Morgan fingerprint density at radius 2 is 2.14 bits per heavy atom. The molecule has 0 bridgehead atoms. The minimum absolute atomic E-state index is 0.107. The second kappa shape index (κ2) is 5.80. The van der Waals surface area contributed by atoms with Crippen LogP contribution in [-0.2, 0) is 6.42 Å². The molecule has 104 valence electrons. The van der Waals surface area contributed by atoms with Gasteiger partial charge in [-0.05, 0) is 17.7 Å². The van der Waals surface area contributed by atoms with Crippen LogP contribution in [0.25, 0.3) is 10.6 Å². The number of rotatable bonds is 4. The number of nitro benzene ring substituents is 1. The first-order chi connectivity index (χ1) is 10.2. The molecule has 5 nitrogen and oxygen atoms in total. The number of thiazole rings is 1. The number of non-ortho nitro benzene ring substituents is 1. The van der Waals surface area contributed by atoms with Crippen LogP contribution in [0.1, 0.15) is 11.3 Å². The zero-order valence-electron chi connectivity index (χ0n) is 11.0. The highest BCUT2D eigenvalue weighted by molar-refractivity contribution is 7.13. The molecule has 0 atom stereocenters. The third-order valence-corrected chi connectivity index (χ3v) is 3.91. The van der Waals surface area contributed by atoms with E-state index in [1.54, 1.807) is 35.9 Å². The van der Waals surface area contributed by atoms with Crippen LogP contribution in [0.2, 0.25) is 0 Å². The highest BCUT2D eigenvalue weighted by Crippen LogP contribution is 2.24. The lowest BCUT2D eigenvalue weighted by atomic mass is 10.1. The van der Waals surface area contributed by atoms with E-state index in [0.717, 1.165) is 21.8 Å². The summed E-state index contributed by atoms with van der Waals surface area (Å²) in [5.74, 6) is 0. The number of aromatic nitrogens is 2. The molecule has 3 aromatic rings. The average molecular weight is 297 g/mol. The first-order valence-corrected chi connectivity index (χ1v) is 7.18. The van der Waals surface area contributed by atoms with Crippen LogP contribution in [0.5, 0.6) is 0 Å². The zero-order chi connectivity index (χ0) is 14.7. The highest BCUT2D eigenvalue weighted by Gasteiger charge is 2.09. The fraction of sp³-hybridized carbons (Fsp3) is 0.0667. The van der Waals surface area contributed by atoms with Gasteiger partial charge in [-0.15, -0.1) is 11.3 Å². The first-order valence-electron chi connectivity index (χ1n) is 6.30. The van der Waals surface area contributed by atoms with Gasteiger partial charge in [0.05, 0.1) is 10.6 Å². The van der Waals surface area contributed by atoms with Crippen LogP contribution in [0.4, 0.5) is 5.69 Å². The summed E-state index contributed by atoms with van der Waals surface area (Å²) in [4.78, 5) is 19.0. The van der Waals surface area contributed by atoms with Crippen molar-refractivity contribution in [2.45, 2.75) is 6.42 Å². The minimum Gasteiger partial charge on any atom is -0.264 e. The van der Waals surface area contributed by atoms with Gasteiger partial charge < -0.3 is 0 Å². The Bertz CT molecular complexity index is 771. The fourth-order valence-electron chi connectivity index (χ4n) is 2.00. The van der Waals surface area contributed by atoms with Gasteiger partial charge in [-0.2, -0.15) is 0 Å². The second-order valence-electron chi connectivity index (χ2n) is 4.49. The Morgan fingerprint density at radius 1 is 1.24 bits per heavy atom. The van der Waals surface area contributed by atoms with Crippen LogP contribution in [-0.4, -0.2) is 14.9 Å². The quantitative estimate of drug-likeness (QED) is 0.544. The third-order valence-electron chi connectivity index (χ3n) is 2.97. The van der Waals surface area contributed by atoms with Gasteiger partial charge in [0, 0.05) is 41.9 Å². The van der Waals surface area contributed by atoms with Gasteiger partial charge in [-0.1, -0.05) is 12.1 Å². The van der Waals surface area contributed by atoms with E-state index in [4.69, 9.17) is 0 Å². The van der Waals surface area contributed by atoms with Crippen molar-refractivity contribution in [1.29, 1.82) is 0 Å². The maximum atomic E-state index is 10.8. The largest absolute Gasteiger partial charge is 0.269 e. The van der Waals surface area contributed by atoms with Crippen molar-refractivity contribution in [3.05, 3.63) is 75.5 Å². The van der Waals surface area contributed by atoms with Crippen LogP contribution in [0.3, 0.4) is 0 Å². The van der Waals surface area contributed by atoms with Crippen molar-refractivity contribution < 1.29 is 4.92 Å². The molecule has 2 heterocycles. The van der Waals surface area contributed by atoms with E-state index in [2.05, 4.69) is 9.97 Å². The Kier molecular flexibility index (Phi) is 3.70. The van der Waals surface area contributed by atoms with Gasteiger partial charge >= 0.3 is 0 Å². The summed E-state index contributed by atoms with van der Waals surface area (Å²) in [5.41, 5.74) is 2.87. The molecule has 0 aliphatic carbocycles. The second-order valence-corrected chi connectivity index (χ2v) is 5.35. The summed E-state index contributed by atoms with van der Waals surface area (Å²) < 4.78 is 0. The van der Waals surface area contributed by atoms with E-state index >= 15 is 0 Å². The zero-order valence-corrected chi connectivity index (χ0v) is 11.8. The van der Waals surface area contributed by atoms with E-state index in [0.29, 0.717) is 6.42 Å². The van der Waals surface area contributed by atoms with Crippen molar-refractivity contribution in [2.75, 3.05) is 0 Å². The van der Waals surface area contributed by atoms with Crippen LogP contribution in [0.15, 0.2) is 54.2 Å². The van der Waals surface area contributed by atoms with E-state index in [1.807, 2.05) is 23.6 Å². The maximum Gasteiger partial charge on any atom is 0.269 e. The molecule has 0 aliphatic rings. The molecule has 0 radical (unpaired) electrons. The summed E-state index contributed by atoms with van der Waals surface area (Å²) in [6, 6.07) is 10.5. The van der Waals surface area contributed by atoms with Crippen LogP contribution < -0.4 is 0 Å². The third kappa shape index (κ3) is 3.11. The molecule has 0 aliphatic heterocycles. The van der Waals surface area contributed by atoms with E-state index in [1.165, 1.54) is 6.07 Å². The average Bonchev–Trinajstić information content (AvgIpc) is 2.97. The van der Waals surface area contributed by atoms with Gasteiger partial charge in [-0.3, -0.25) is 15.1 Å². The lowest BCUT2D eigenvalue weighted by molar-refractivity contribution is -0.384. The van der Waals surface area contributed by atoms with E-state index < -0.39 is 0 Å². The molecule has 0 fully saturated rings. The van der Waals surface area contributed by atoms with Crippen LogP contribution >= 0.6 is 11.3 Å². The lowest BCUT2D eigenvalue weighted by Crippen LogP contribution is -1.92. The van der Waals surface area contributed by atoms with E-state index in [9.17, 15) is 10.1 Å². The Balaban J connectivity index is 1.82. The summed E-state index contributed by atoms with van der Waals surface area (Å²) in [6.45, 7) is 0. The maximum absolute atomic E-state index is 10.8. The van der Waals surface area contributed by atoms with Gasteiger partial charge in [0.15, 0.2) is 0 Å². The Morgan fingerprint density at radius 3 is 2.90 bits per heavy atom. The smallest absolute Gasteiger partial charge is 0.264 e. The van der Waals surface area contributed by atoms with Crippen molar-refractivity contribution in [2.24, 2.45) is 0 Å². The van der Waals surface area contributed by atoms with E-state index in [-0.39, 0.29) is 10.6 Å². The van der Waals surface area contributed by atoms with Gasteiger partial charge in [0.1, 0.15) is 5.01 Å². The number of benzene rings is 1. The molecule has 6 heteroatoms. The molecule has 0 spiro atoms. The Labute approximate surface area is 125 Å².